The Morgan fingerprint density at radius 3 is 1.88 bits per heavy atom. The molecule has 0 unspecified atom stereocenters. The van der Waals surface area contributed by atoms with E-state index in [0.717, 1.165) is 38.4 Å². The topological polar surface area (TPSA) is 54.4 Å². The van der Waals surface area contributed by atoms with Crippen LogP contribution in [0.15, 0.2) is 0 Å². The van der Waals surface area contributed by atoms with Crippen molar-refractivity contribution >= 4 is 12.3 Å². The number of hydrogen-bond acceptors (Lipinski definition) is 2. The van der Waals surface area contributed by atoms with Gasteiger partial charge in [-0.1, -0.05) is 52.4 Å². The van der Waals surface area contributed by atoms with E-state index >= 15 is 0 Å². The number of carboxylic acids is 1. The van der Waals surface area contributed by atoms with Crippen molar-refractivity contribution in [3.8, 4) is 0 Å². The van der Waals surface area contributed by atoms with E-state index in [4.69, 9.17) is 5.11 Å². The van der Waals surface area contributed by atoms with Gasteiger partial charge in [0.2, 0.25) is 0 Å². The van der Waals surface area contributed by atoms with Gasteiger partial charge < -0.3 is 9.90 Å². The zero-order chi connectivity index (χ0) is 13.4. The second-order valence-corrected chi connectivity index (χ2v) is 4.22. The van der Waals surface area contributed by atoms with Gasteiger partial charge in [0.05, 0.1) is 0 Å². The first-order valence-electron chi connectivity index (χ1n) is 6.84. The Hall–Kier alpha value is -0.860. The Bertz CT molecular complexity index is 167. The minimum absolute atomic E-state index is 0.333. The fraction of sp³-hybridized carbons (Fsp3) is 0.857. The maximum absolute atomic E-state index is 9.96. The van der Waals surface area contributed by atoms with Crippen LogP contribution in [0.2, 0.25) is 0 Å². The molecule has 0 aliphatic carbocycles. The highest BCUT2D eigenvalue weighted by Gasteiger charge is 1.93. The minimum Gasteiger partial charge on any atom is -0.481 e. The number of rotatable bonds is 10. The molecule has 3 nitrogen and oxygen atoms in total. The van der Waals surface area contributed by atoms with Gasteiger partial charge in [0, 0.05) is 12.8 Å². The second-order valence-electron chi connectivity index (χ2n) is 4.22. The van der Waals surface area contributed by atoms with Crippen molar-refractivity contribution in [2.75, 3.05) is 0 Å². The molecule has 1 N–H and O–H groups in total. The van der Waals surface area contributed by atoms with E-state index < -0.39 is 5.97 Å². The maximum Gasteiger partial charge on any atom is 0.303 e. The fourth-order valence-electron chi connectivity index (χ4n) is 1.36. The van der Waals surface area contributed by atoms with Gasteiger partial charge in [-0.25, -0.2) is 0 Å². The molecular weight excluding hydrogens is 216 g/mol. The van der Waals surface area contributed by atoms with E-state index in [1.807, 2.05) is 0 Å². The summed E-state index contributed by atoms with van der Waals surface area (Å²) in [6.07, 6.45) is 11.1. The van der Waals surface area contributed by atoms with E-state index in [9.17, 15) is 9.59 Å². The molecule has 102 valence electrons. The predicted octanol–water partition coefficient (Wildman–Crippen LogP) is 4.20. The summed E-state index contributed by atoms with van der Waals surface area (Å²) in [5, 5.41) is 8.21. The number of hydrogen-bond donors (Lipinski definition) is 1. The van der Waals surface area contributed by atoms with Crippen LogP contribution in [-0.4, -0.2) is 17.4 Å². The number of carbonyl (C=O) groups excluding carboxylic acids is 1. The maximum atomic E-state index is 9.96. The highest BCUT2D eigenvalue weighted by atomic mass is 16.4. The monoisotopic (exact) mass is 244 g/mol. The molecule has 0 aliphatic heterocycles. The molecule has 17 heavy (non-hydrogen) atoms. The normalized spacial score (nSPS) is 9.29. The molecule has 0 aromatic heterocycles. The first-order valence-corrected chi connectivity index (χ1v) is 6.84. The molecule has 0 aliphatic rings. The average Bonchev–Trinajstić information content (AvgIpc) is 2.31. The quantitative estimate of drug-likeness (QED) is 0.463. The molecule has 0 amide bonds. The molecule has 0 aromatic rings. The van der Waals surface area contributed by atoms with Crippen molar-refractivity contribution in [3.05, 3.63) is 0 Å². The lowest BCUT2D eigenvalue weighted by molar-refractivity contribution is -0.137. The van der Waals surface area contributed by atoms with Gasteiger partial charge in [0.1, 0.15) is 6.29 Å². The first kappa shape index (κ1) is 18.5. The number of aliphatic carboxylic acids is 1. The Morgan fingerprint density at radius 1 is 0.941 bits per heavy atom. The van der Waals surface area contributed by atoms with Crippen LogP contribution in [0, 0.1) is 0 Å². The first-order chi connectivity index (χ1) is 8.18. The summed E-state index contributed by atoms with van der Waals surface area (Å²) in [6.45, 7) is 4.28. The summed E-state index contributed by atoms with van der Waals surface area (Å²) >= 11 is 0. The minimum atomic E-state index is -0.675. The molecule has 0 aromatic carbocycles. The number of aldehydes is 1. The molecule has 0 saturated carbocycles. The van der Waals surface area contributed by atoms with Gasteiger partial charge >= 0.3 is 5.97 Å². The van der Waals surface area contributed by atoms with Gasteiger partial charge in [-0.05, 0) is 12.8 Å². The van der Waals surface area contributed by atoms with Crippen LogP contribution in [0.25, 0.3) is 0 Å². The molecule has 0 heterocycles. The van der Waals surface area contributed by atoms with Crippen molar-refractivity contribution < 1.29 is 14.7 Å². The fourth-order valence-corrected chi connectivity index (χ4v) is 1.36. The van der Waals surface area contributed by atoms with E-state index in [-0.39, 0.29) is 0 Å². The molecule has 0 saturated heterocycles. The SMILES string of the molecule is CCCCCCC(=O)O.CCCCCCC=O. The summed E-state index contributed by atoms with van der Waals surface area (Å²) in [5.41, 5.74) is 0. The Morgan fingerprint density at radius 2 is 1.47 bits per heavy atom. The van der Waals surface area contributed by atoms with E-state index in [1.165, 1.54) is 25.7 Å². The third-order valence-electron chi connectivity index (χ3n) is 2.42. The Labute approximate surface area is 106 Å². The third kappa shape index (κ3) is 25.4. The lowest BCUT2D eigenvalue weighted by Gasteiger charge is -1.92. The Balaban J connectivity index is 0. The van der Waals surface area contributed by atoms with Gasteiger partial charge in [0.15, 0.2) is 0 Å². The lowest BCUT2D eigenvalue weighted by Crippen LogP contribution is -1.92. The molecule has 0 rings (SSSR count). The van der Waals surface area contributed by atoms with Crippen LogP contribution in [-0.2, 0) is 9.59 Å². The third-order valence-corrected chi connectivity index (χ3v) is 2.42. The largest absolute Gasteiger partial charge is 0.481 e. The van der Waals surface area contributed by atoms with Crippen LogP contribution >= 0.6 is 0 Å². The second kappa shape index (κ2) is 17.5. The number of unbranched alkanes of at least 4 members (excludes halogenated alkanes) is 7. The highest BCUT2D eigenvalue weighted by Crippen LogP contribution is 2.01. The van der Waals surface area contributed by atoms with E-state index in [1.54, 1.807) is 0 Å². The molecule has 0 bridgehead atoms. The van der Waals surface area contributed by atoms with Crippen LogP contribution in [0.5, 0.6) is 0 Å². The zero-order valence-electron chi connectivity index (χ0n) is 11.4. The van der Waals surface area contributed by atoms with Gasteiger partial charge in [-0.2, -0.15) is 0 Å². The number of carboxylic acid groups (broad SMARTS) is 1. The highest BCUT2D eigenvalue weighted by molar-refractivity contribution is 5.66. The predicted molar refractivity (Wildman–Crippen MR) is 71.2 cm³/mol. The van der Waals surface area contributed by atoms with Crippen molar-refractivity contribution in [3.63, 3.8) is 0 Å². The zero-order valence-corrected chi connectivity index (χ0v) is 11.4. The smallest absolute Gasteiger partial charge is 0.303 e. The molecule has 0 atom stereocenters. The van der Waals surface area contributed by atoms with Crippen LogP contribution in [0.1, 0.15) is 78.1 Å². The van der Waals surface area contributed by atoms with Crippen LogP contribution in [0.3, 0.4) is 0 Å². The Kier molecular flexibility index (Phi) is 19.1. The van der Waals surface area contributed by atoms with E-state index in [0.29, 0.717) is 6.42 Å². The molecule has 3 heteroatoms. The summed E-state index contributed by atoms with van der Waals surface area (Å²) in [4.78, 5) is 19.7. The summed E-state index contributed by atoms with van der Waals surface area (Å²) < 4.78 is 0. The lowest BCUT2D eigenvalue weighted by atomic mass is 10.2. The van der Waals surface area contributed by atoms with Gasteiger partial charge in [0.25, 0.3) is 0 Å². The molecule has 0 spiro atoms. The van der Waals surface area contributed by atoms with Crippen molar-refractivity contribution in [1.82, 2.24) is 0 Å². The van der Waals surface area contributed by atoms with Gasteiger partial charge in [-0.3, -0.25) is 4.79 Å². The van der Waals surface area contributed by atoms with E-state index in [2.05, 4.69) is 13.8 Å². The average molecular weight is 244 g/mol. The van der Waals surface area contributed by atoms with Crippen LogP contribution < -0.4 is 0 Å². The summed E-state index contributed by atoms with van der Waals surface area (Å²) in [7, 11) is 0. The molecular formula is C14H28O3. The van der Waals surface area contributed by atoms with Crippen molar-refractivity contribution in [1.29, 1.82) is 0 Å². The summed E-state index contributed by atoms with van der Waals surface area (Å²) in [5.74, 6) is -0.675. The summed E-state index contributed by atoms with van der Waals surface area (Å²) in [6, 6.07) is 0. The van der Waals surface area contributed by atoms with Crippen molar-refractivity contribution in [2.24, 2.45) is 0 Å². The van der Waals surface area contributed by atoms with Crippen LogP contribution in [0.4, 0.5) is 0 Å². The number of carbonyl (C=O) groups is 2. The van der Waals surface area contributed by atoms with Crippen molar-refractivity contribution in [2.45, 2.75) is 78.1 Å². The molecule has 0 radical (unpaired) electrons. The molecule has 0 fully saturated rings. The standard InChI is InChI=1S/C7H14O2.C7H14O/c1-2-3-4-5-6-7(8)9;1-2-3-4-5-6-7-8/h2-6H2,1H3,(H,8,9);7H,2-6H2,1H3. The van der Waals surface area contributed by atoms with Gasteiger partial charge in [-0.15, -0.1) is 0 Å².